The molecule has 1 aliphatic rings. The summed E-state index contributed by atoms with van der Waals surface area (Å²) in [5.74, 6) is 0.0322. The highest BCUT2D eigenvalue weighted by Gasteiger charge is 2.33. The Bertz CT molecular complexity index is 611. The van der Waals surface area contributed by atoms with Gasteiger partial charge in [0.1, 0.15) is 5.69 Å². The van der Waals surface area contributed by atoms with Crippen LogP contribution >= 0.6 is 0 Å². The molecule has 0 spiro atoms. The van der Waals surface area contributed by atoms with Gasteiger partial charge in [0.15, 0.2) is 0 Å². The Labute approximate surface area is 118 Å². The number of amides is 1. The Hall–Kier alpha value is -2.23. The molecule has 4 heteroatoms. The van der Waals surface area contributed by atoms with Crippen molar-refractivity contribution in [3.8, 4) is 0 Å². The van der Waals surface area contributed by atoms with Gasteiger partial charge in [0.25, 0.3) is 5.91 Å². The van der Waals surface area contributed by atoms with Crippen LogP contribution in [0.2, 0.25) is 0 Å². The van der Waals surface area contributed by atoms with Crippen LogP contribution in [0.5, 0.6) is 0 Å². The highest BCUT2D eigenvalue weighted by molar-refractivity contribution is 5.93. The summed E-state index contributed by atoms with van der Waals surface area (Å²) in [6, 6.07) is 10.4. The molecule has 1 saturated carbocycles. The molecule has 0 atom stereocenters. The van der Waals surface area contributed by atoms with Gasteiger partial charge in [-0.15, -0.1) is 0 Å². The monoisotopic (exact) mass is 269 g/mol. The van der Waals surface area contributed by atoms with E-state index in [4.69, 9.17) is 5.73 Å². The Morgan fingerprint density at radius 1 is 1.35 bits per heavy atom. The summed E-state index contributed by atoms with van der Waals surface area (Å²) in [5.41, 5.74) is 9.24. The Balaban J connectivity index is 1.79. The third-order valence-corrected chi connectivity index (χ3v) is 3.66. The van der Waals surface area contributed by atoms with Crippen molar-refractivity contribution in [2.75, 3.05) is 5.73 Å². The summed E-state index contributed by atoms with van der Waals surface area (Å²) < 4.78 is 0. The van der Waals surface area contributed by atoms with Gasteiger partial charge in [0, 0.05) is 24.5 Å². The number of carbonyl (C=O) groups is 1. The number of anilines is 1. The smallest absolute Gasteiger partial charge is 0.270 e. The summed E-state index contributed by atoms with van der Waals surface area (Å²) in [4.78, 5) is 17.4. The molecule has 1 aromatic heterocycles. The molecule has 20 heavy (non-hydrogen) atoms. The van der Waals surface area contributed by atoms with Gasteiger partial charge in [-0.25, -0.2) is 0 Å². The van der Waals surface area contributed by atoms with Gasteiger partial charge in [-0.05, 0) is 31.4 Å². The average molecular weight is 269 g/mol. The fourth-order valence-corrected chi connectivity index (χ4v) is 2.33. The Morgan fingerprint density at radius 3 is 2.60 bits per heavy atom. The molecule has 3 N–H and O–H groups in total. The van der Waals surface area contributed by atoms with Gasteiger partial charge in [-0.2, -0.15) is 0 Å². The lowest BCUT2D eigenvalue weighted by molar-refractivity contribution is 0.0724. The van der Waals surface area contributed by atoms with E-state index >= 15 is 0 Å². The number of aryl methyl sites for hydroxylation is 1. The minimum atomic E-state index is 0.0322. The summed E-state index contributed by atoms with van der Waals surface area (Å²) in [7, 11) is 0. The lowest BCUT2D eigenvalue weighted by Gasteiger charge is -2.22. The highest BCUT2D eigenvalue weighted by Crippen LogP contribution is 2.30. The van der Waals surface area contributed by atoms with Crippen LogP contribution in [-0.4, -0.2) is 21.8 Å². The van der Waals surface area contributed by atoms with Crippen LogP contribution in [0.1, 0.15) is 34.5 Å². The average Bonchev–Trinajstić information content (AvgIpc) is 3.19. The normalized spacial score (nSPS) is 14.2. The fourth-order valence-electron chi connectivity index (χ4n) is 2.33. The standard InChI is InChI=1S/C16H19N3O/c1-11-2-4-12(5-3-11)10-19(14-6-7-14)16(20)15-8-13(17)9-18-15/h2-5,8-9,14,18H,6-7,10,17H2,1H3. The molecule has 1 heterocycles. The molecule has 1 aromatic carbocycles. The van der Waals surface area contributed by atoms with E-state index in [1.165, 1.54) is 5.56 Å². The molecule has 0 unspecified atom stereocenters. The molecule has 1 aliphatic carbocycles. The van der Waals surface area contributed by atoms with Gasteiger partial charge >= 0.3 is 0 Å². The number of H-pyrrole nitrogens is 1. The number of nitrogens with zero attached hydrogens (tertiary/aromatic N) is 1. The van der Waals surface area contributed by atoms with Crippen molar-refractivity contribution >= 4 is 11.6 Å². The first kappa shape index (κ1) is 12.8. The molecular formula is C16H19N3O. The van der Waals surface area contributed by atoms with Crippen LogP contribution < -0.4 is 5.73 Å². The topological polar surface area (TPSA) is 62.1 Å². The van der Waals surface area contributed by atoms with E-state index in [-0.39, 0.29) is 5.91 Å². The molecule has 1 amide bonds. The number of nitrogens with two attached hydrogens (primary N) is 1. The minimum Gasteiger partial charge on any atom is -0.397 e. The molecule has 1 fully saturated rings. The maximum atomic E-state index is 12.6. The molecule has 4 nitrogen and oxygen atoms in total. The van der Waals surface area contributed by atoms with E-state index in [2.05, 4.69) is 36.2 Å². The van der Waals surface area contributed by atoms with Crippen LogP contribution in [0.3, 0.4) is 0 Å². The number of hydrogen-bond donors (Lipinski definition) is 2. The summed E-state index contributed by atoms with van der Waals surface area (Å²) in [5, 5.41) is 0. The van der Waals surface area contributed by atoms with Crippen molar-refractivity contribution < 1.29 is 4.79 Å². The Kier molecular flexibility index (Phi) is 3.22. The van der Waals surface area contributed by atoms with Crippen molar-refractivity contribution in [1.29, 1.82) is 0 Å². The van der Waals surface area contributed by atoms with Gasteiger partial charge in [0.05, 0.1) is 0 Å². The van der Waals surface area contributed by atoms with Crippen LogP contribution in [0, 0.1) is 6.92 Å². The number of benzene rings is 1. The number of aromatic nitrogens is 1. The molecule has 3 rings (SSSR count). The zero-order chi connectivity index (χ0) is 14.1. The van der Waals surface area contributed by atoms with Crippen LogP contribution in [0.4, 0.5) is 5.69 Å². The van der Waals surface area contributed by atoms with Crippen molar-refractivity contribution in [3.05, 3.63) is 53.3 Å². The molecule has 0 bridgehead atoms. The molecule has 0 saturated heterocycles. The zero-order valence-electron chi connectivity index (χ0n) is 11.6. The second kappa shape index (κ2) is 5.04. The number of nitrogens with one attached hydrogen (secondary N) is 1. The molecule has 0 radical (unpaired) electrons. The third-order valence-electron chi connectivity index (χ3n) is 3.66. The summed E-state index contributed by atoms with van der Waals surface area (Å²) in [6.07, 6.45) is 3.84. The molecular weight excluding hydrogens is 250 g/mol. The fraction of sp³-hybridized carbons (Fsp3) is 0.312. The predicted octanol–water partition coefficient (Wildman–Crippen LogP) is 2.71. The zero-order valence-corrected chi connectivity index (χ0v) is 11.6. The van der Waals surface area contributed by atoms with Crippen LogP contribution in [-0.2, 0) is 6.54 Å². The number of carbonyl (C=O) groups excluding carboxylic acids is 1. The lowest BCUT2D eigenvalue weighted by Crippen LogP contribution is -2.32. The quantitative estimate of drug-likeness (QED) is 0.896. The first-order chi connectivity index (χ1) is 9.63. The number of hydrogen-bond acceptors (Lipinski definition) is 2. The van der Waals surface area contributed by atoms with Gasteiger partial charge in [0.2, 0.25) is 0 Å². The van der Waals surface area contributed by atoms with Gasteiger partial charge in [-0.1, -0.05) is 29.8 Å². The maximum Gasteiger partial charge on any atom is 0.270 e. The second-order valence-electron chi connectivity index (χ2n) is 5.50. The minimum absolute atomic E-state index is 0.0322. The first-order valence-corrected chi connectivity index (χ1v) is 6.94. The van der Waals surface area contributed by atoms with Crippen molar-refractivity contribution in [2.24, 2.45) is 0 Å². The maximum absolute atomic E-state index is 12.6. The second-order valence-corrected chi connectivity index (χ2v) is 5.50. The summed E-state index contributed by atoms with van der Waals surface area (Å²) in [6.45, 7) is 2.72. The molecule has 0 aliphatic heterocycles. The summed E-state index contributed by atoms with van der Waals surface area (Å²) >= 11 is 0. The van der Waals surface area contributed by atoms with E-state index in [1.807, 2.05) is 4.90 Å². The van der Waals surface area contributed by atoms with Crippen LogP contribution in [0.15, 0.2) is 36.5 Å². The van der Waals surface area contributed by atoms with Crippen molar-refractivity contribution in [2.45, 2.75) is 32.4 Å². The van der Waals surface area contributed by atoms with E-state index < -0.39 is 0 Å². The van der Waals surface area contributed by atoms with Gasteiger partial charge in [-0.3, -0.25) is 4.79 Å². The number of aromatic amines is 1. The van der Waals surface area contributed by atoms with E-state index in [0.29, 0.717) is 24.0 Å². The van der Waals surface area contributed by atoms with Crippen LogP contribution in [0.25, 0.3) is 0 Å². The SMILES string of the molecule is Cc1ccc(CN(C(=O)c2cc(N)c[nH]2)C2CC2)cc1. The number of nitrogen functional groups attached to an aromatic ring is 1. The van der Waals surface area contributed by atoms with E-state index in [1.54, 1.807) is 12.3 Å². The van der Waals surface area contributed by atoms with Crippen molar-refractivity contribution in [3.63, 3.8) is 0 Å². The van der Waals surface area contributed by atoms with E-state index in [9.17, 15) is 4.79 Å². The predicted molar refractivity (Wildman–Crippen MR) is 79.3 cm³/mol. The molecule has 104 valence electrons. The molecule has 2 aromatic rings. The van der Waals surface area contributed by atoms with Gasteiger partial charge < -0.3 is 15.6 Å². The van der Waals surface area contributed by atoms with E-state index in [0.717, 1.165) is 18.4 Å². The third kappa shape index (κ3) is 2.69. The highest BCUT2D eigenvalue weighted by atomic mass is 16.2. The lowest BCUT2D eigenvalue weighted by atomic mass is 10.1. The number of rotatable bonds is 4. The largest absolute Gasteiger partial charge is 0.397 e. The van der Waals surface area contributed by atoms with Crippen molar-refractivity contribution in [1.82, 2.24) is 9.88 Å². The first-order valence-electron chi connectivity index (χ1n) is 6.94. The Morgan fingerprint density at radius 2 is 2.05 bits per heavy atom.